The molecule has 0 spiro atoms. The maximum Gasteiger partial charge on any atom is 0.303 e. The number of benzene rings is 2. The summed E-state index contributed by atoms with van der Waals surface area (Å²) < 4.78 is 0. The smallest absolute Gasteiger partial charge is 0.303 e. The average Bonchev–Trinajstić information content (AvgIpc) is 2.78. The van der Waals surface area contributed by atoms with Gasteiger partial charge in [-0.2, -0.15) is 0 Å². The van der Waals surface area contributed by atoms with Gasteiger partial charge in [0.15, 0.2) is 0 Å². The highest BCUT2D eigenvalue weighted by atomic mass is 32.2. The summed E-state index contributed by atoms with van der Waals surface area (Å²) in [5.74, 6) is -0.795. The van der Waals surface area contributed by atoms with Crippen LogP contribution in [0.15, 0.2) is 66.4 Å². The Balaban J connectivity index is 2.30. The highest BCUT2D eigenvalue weighted by Gasteiger charge is 2.18. The molecule has 2 aromatic rings. The van der Waals surface area contributed by atoms with Crippen LogP contribution in [0.4, 0.5) is 0 Å². The lowest BCUT2D eigenvalue weighted by Crippen LogP contribution is -2.30. The van der Waals surface area contributed by atoms with Gasteiger partial charge in [0.1, 0.15) is 0 Å². The number of allylic oxidation sites excluding steroid dienone is 2. The molecular weight excluding hydrogens is 406 g/mol. The second-order valence-corrected chi connectivity index (χ2v) is 8.19. The molecule has 1 amide bonds. The number of carboxylic acids is 1. The van der Waals surface area contributed by atoms with Gasteiger partial charge < -0.3 is 10.0 Å². The van der Waals surface area contributed by atoms with Crippen LogP contribution in [0.5, 0.6) is 0 Å². The average molecular weight is 438 g/mol. The van der Waals surface area contributed by atoms with Gasteiger partial charge in [-0.05, 0) is 62.3 Å². The predicted molar refractivity (Wildman–Crippen MR) is 130 cm³/mol. The molecule has 0 fully saturated rings. The van der Waals surface area contributed by atoms with Gasteiger partial charge in [0.2, 0.25) is 0 Å². The number of carbonyl (C=O) groups is 2. The standard InChI is InChI=1S/C26H31NO3S/c1-5-17-27(26(30)22-12-7-19(3)8-13-22)23(6-2)18-24(31-4)21-14-9-20(10-15-21)11-16-25(28)29/h6-10,12-15,18H,5,11,16-17H2,1-4H3,(H,28,29)/b23-6-,24-18-. The molecule has 164 valence electrons. The van der Waals surface area contributed by atoms with Crippen molar-refractivity contribution in [2.24, 2.45) is 0 Å². The maximum atomic E-state index is 13.2. The zero-order chi connectivity index (χ0) is 22.8. The summed E-state index contributed by atoms with van der Waals surface area (Å²) in [5, 5.41) is 8.87. The molecule has 0 saturated heterocycles. The number of carbonyl (C=O) groups excluding carboxylic acids is 1. The Morgan fingerprint density at radius 3 is 2.16 bits per heavy atom. The molecule has 5 heteroatoms. The van der Waals surface area contributed by atoms with Gasteiger partial charge in [-0.15, -0.1) is 11.8 Å². The van der Waals surface area contributed by atoms with Crippen molar-refractivity contribution in [3.8, 4) is 0 Å². The Kier molecular flexibility index (Phi) is 9.60. The van der Waals surface area contributed by atoms with E-state index in [0.717, 1.165) is 33.7 Å². The third-order valence-electron chi connectivity index (χ3n) is 4.96. The molecule has 2 aromatic carbocycles. The van der Waals surface area contributed by atoms with E-state index < -0.39 is 5.97 Å². The SMILES string of the molecule is C/C=C(/C=C(\SC)c1ccc(CCC(=O)O)cc1)N(CCC)C(=O)c1ccc(C)cc1. The molecule has 0 saturated carbocycles. The second kappa shape index (κ2) is 12.2. The number of thioether (sulfide) groups is 1. The number of carboxylic acid groups (broad SMARTS) is 1. The Labute approximate surface area is 189 Å². The highest BCUT2D eigenvalue weighted by Crippen LogP contribution is 2.28. The van der Waals surface area contributed by atoms with E-state index in [1.165, 1.54) is 0 Å². The second-order valence-electron chi connectivity index (χ2n) is 7.34. The molecule has 0 aliphatic carbocycles. The summed E-state index contributed by atoms with van der Waals surface area (Å²) in [7, 11) is 0. The largest absolute Gasteiger partial charge is 0.481 e. The molecular formula is C26H31NO3S. The molecule has 0 aromatic heterocycles. The van der Waals surface area contributed by atoms with Gasteiger partial charge in [0.25, 0.3) is 5.91 Å². The van der Waals surface area contributed by atoms with Gasteiger partial charge in [-0.25, -0.2) is 0 Å². The van der Waals surface area contributed by atoms with E-state index in [1.807, 2.05) is 79.6 Å². The molecule has 0 aliphatic rings. The van der Waals surface area contributed by atoms with Gasteiger partial charge in [0.05, 0.1) is 0 Å². The number of hydrogen-bond donors (Lipinski definition) is 1. The molecule has 0 bridgehead atoms. The third-order valence-corrected chi connectivity index (χ3v) is 5.76. The molecule has 4 nitrogen and oxygen atoms in total. The first kappa shape index (κ1) is 24.5. The lowest BCUT2D eigenvalue weighted by Gasteiger charge is -2.24. The highest BCUT2D eigenvalue weighted by molar-refractivity contribution is 8.07. The summed E-state index contributed by atoms with van der Waals surface area (Å²) in [5.41, 5.74) is 4.72. The van der Waals surface area contributed by atoms with Crippen LogP contribution < -0.4 is 0 Å². The van der Waals surface area contributed by atoms with Gasteiger partial charge in [-0.3, -0.25) is 9.59 Å². The Hall–Kier alpha value is -2.79. The Bertz CT molecular complexity index is 944. The van der Waals surface area contributed by atoms with E-state index in [1.54, 1.807) is 11.8 Å². The topological polar surface area (TPSA) is 57.6 Å². The number of nitrogens with zero attached hydrogens (tertiary/aromatic N) is 1. The molecule has 0 heterocycles. The summed E-state index contributed by atoms with van der Waals surface area (Å²) >= 11 is 1.62. The van der Waals surface area contributed by atoms with Crippen molar-refractivity contribution < 1.29 is 14.7 Å². The summed E-state index contributed by atoms with van der Waals surface area (Å²) in [6.45, 7) is 6.66. The third kappa shape index (κ3) is 7.14. The van der Waals surface area contributed by atoms with Gasteiger partial charge in [0, 0.05) is 29.1 Å². The van der Waals surface area contributed by atoms with Crippen molar-refractivity contribution in [1.29, 1.82) is 0 Å². The zero-order valence-electron chi connectivity index (χ0n) is 18.7. The van der Waals surface area contributed by atoms with Crippen LogP contribution in [0.2, 0.25) is 0 Å². The van der Waals surface area contributed by atoms with E-state index >= 15 is 0 Å². The van der Waals surface area contributed by atoms with E-state index in [0.29, 0.717) is 18.5 Å². The van der Waals surface area contributed by atoms with E-state index in [4.69, 9.17) is 5.11 Å². The van der Waals surface area contributed by atoms with Crippen molar-refractivity contribution in [2.45, 2.75) is 40.0 Å². The number of aryl methyl sites for hydroxylation is 2. The summed E-state index contributed by atoms with van der Waals surface area (Å²) in [4.78, 5) is 26.9. The first-order valence-corrected chi connectivity index (χ1v) is 11.7. The van der Waals surface area contributed by atoms with Crippen LogP contribution in [0.25, 0.3) is 4.91 Å². The number of aliphatic carboxylic acids is 1. The quantitative estimate of drug-likeness (QED) is 0.451. The summed E-state index contributed by atoms with van der Waals surface area (Å²) in [6.07, 6.45) is 7.54. The zero-order valence-corrected chi connectivity index (χ0v) is 19.5. The van der Waals surface area contributed by atoms with Crippen LogP contribution in [-0.2, 0) is 11.2 Å². The molecule has 2 rings (SSSR count). The monoisotopic (exact) mass is 437 g/mol. The minimum atomic E-state index is -0.791. The van der Waals surface area contributed by atoms with Crippen molar-refractivity contribution in [3.05, 3.63) is 88.6 Å². The molecule has 0 radical (unpaired) electrons. The van der Waals surface area contributed by atoms with E-state index in [2.05, 4.69) is 13.0 Å². The maximum absolute atomic E-state index is 13.2. The normalized spacial score (nSPS) is 12.0. The fourth-order valence-electron chi connectivity index (χ4n) is 3.22. The van der Waals surface area contributed by atoms with Crippen LogP contribution in [0, 0.1) is 6.92 Å². The minimum Gasteiger partial charge on any atom is -0.481 e. The van der Waals surface area contributed by atoms with Gasteiger partial charge in [-0.1, -0.05) is 55.0 Å². The fourth-order valence-corrected chi connectivity index (χ4v) is 3.83. The lowest BCUT2D eigenvalue weighted by molar-refractivity contribution is -0.136. The lowest BCUT2D eigenvalue weighted by atomic mass is 10.1. The molecule has 0 aliphatic heterocycles. The van der Waals surface area contributed by atoms with Gasteiger partial charge >= 0.3 is 5.97 Å². The molecule has 0 unspecified atom stereocenters. The van der Waals surface area contributed by atoms with Crippen LogP contribution in [0.1, 0.15) is 53.7 Å². The van der Waals surface area contributed by atoms with Crippen LogP contribution in [0.3, 0.4) is 0 Å². The fraction of sp³-hybridized carbons (Fsp3) is 0.308. The van der Waals surface area contributed by atoms with Crippen molar-refractivity contribution in [2.75, 3.05) is 12.8 Å². The van der Waals surface area contributed by atoms with E-state index in [-0.39, 0.29) is 12.3 Å². The van der Waals surface area contributed by atoms with Crippen molar-refractivity contribution >= 4 is 28.5 Å². The Morgan fingerprint density at radius 2 is 1.65 bits per heavy atom. The number of hydrogen-bond acceptors (Lipinski definition) is 3. The first-order chi connectivity index (χ1) is 14.9. The first-order valence-electron chi connectivity index (χ1n) is 10.5. The molecule has 0 atom stereocenters. The van der Waals surface area contributed by atoms with Crippen LogP contribution >= 0.6 is 11.8 Å². The Morgan fingerprint density at radius 1 is 1.03 bits per heavy atom. The minimum absolute atomic E-state index is 0.00401. The van der Waals surface area contributed by atoms with E-state index in [9.17, 15) is 9.59 Å². The van der Waals surface area contributed by atoms with Crippen molar-refractivity contribution in [3.63, 3.8) is 0 Å². The van der Waals surface area contributed by atoms with Crippen molar-refractivity contribution in [1.82, 2.24) is 4.90 Å². The number of amides is 1. The number of rotatable bonds is 10. The molecule has 31 heavy (non-hydrogen) atoms. The summed E-state index contributed by atoms with van der Waals surface area (Å²) in [6, 6.07) is 15.6. The van der Waals surface area contributed by atoms with Crippen LogP contribution in [-0.4, -0.2) is 34.7 Å². The molecule has 1 N–H and O–H groups in total. The predicted octanol–water partition coefficient (Wildman–Crippen LogP) is 6.17.